The van der Waals surface area contributed by atoms with Gasteiger partial charge in [0.2, 0.25) is 0 Å². The Hall–Kier alpha value is -2.04. The summed E-state index contributed by atoms with van der Waals surface area (Å²) in [6.45, 7) is 2.64. The maximum Gasteiger partial charge on any atom is 0.310 e. The number of hydrogen-bond acceptors (Lipinski definition) is 4. The van der Waals surface area contributed by atoms with E-state index in [0.717, 1.165) is 23.1 Å². The van der Waals surface area contributed by atoms with E-state index in [4.69, 9.17) is 4.74 Å². The molecule has 0 fully saturated rings. The van der Waals surface area contributed by atoms with Gasteiger partial charge in [0.25, 0.3) is 0 Å². The normalized spacial score (nSPS) is 12.4. The van der Waals surface area contributed by atoms with Gasteiger partial charge in [-0.25, -0.2) is 4.98 Å². The summed E-state index contributed by atoms with van der Waals surface area (Å²) >= 11 is 0. The van der Waals surface area contributed by atoms with E-state index in [2.05, 4.69) is 14.9 Å². The SMILES string of the molecule is CCC(CN(C)c1ccc2nc[nH]c2c1)C(=O)OC. The number of H-pyrrole nitrogens is 1. The van der Waals surface area contributed by atoms with Gasteiger partial charge in [-0.3, -0.25) is 4.79 Å². The van der Waals surface area contributed by atoms with Gasteiger partial charge in [-0.1, -0.05) is 6.92 Å². The number of rotatable bonds is 5. The first-order valence-corrected chi connectivity index (χ1v) is 6.37. The second-order valence-electron chi connectivity index (χ2n) is 4.61. The van der Waals surface area contributed by atoms with Crippen LogP contribution < -0.4 is 4.90 Å². The molecule has 5 nitrogen and oxygen atoms in total. The molecule has 0 radical (unpaired) electrons. The summed E-state index contributed by atoms with van der Waals surface area (Å²) in [4.78, 5) is 21.0. The lowest BCUT2D eigenvalue weighted by Gasteiger charge is -2.23. The first kappa shape index (κ1) is 13.4. The molecule has 1 heterocycles. The van der Waals surface area contributed by atoms with Crippen LogP contribution >= 0.6 is 0 Å². The maximum absolute atomic E-state index is 11.6. The Morgan fingerprint density at radius 1 is 1.53 bits per heavy atom. The minimum Gasteiger partial charge on any atom is -0.469 e. The number of carbonyl (C=O) groups is 1. The topological polar surface area (TPSA) is 58.2 Å². The predicted molar refractivity (Wildman–Crippen MR) is 75.2 cm³/mol. The molecule has 0 amide bonds. The van der Waals surface area contributed by atoms with E-state index >= 15 is 0 Å². The van der Waals surface area contributed by atoms with Crippen molar-refractivity contribution in [2.24, 2.45) is 5.92 Å². The van der Waals surface area contributed by atoms with Crippen molar-refractivity contribution in [2.75, 3.05) is 25.6 Å². The van der Waals surface area contributed by atoms with Crippen LogP contribution in [0.2, 0.25) is 0 Å². The van der Waals surface area contributed by atoms with Crippen molar-refractivity contribution in [1.82, 2.24) is 9.97 Å². The average Bonchev–Trinajstić information content (AvgIpc) is 2.90. The van der Waals surface area contributed by atoms with Gasteiger partial charge >= 0.3 is 5.97 Å². The van der Waals surface area contributed by atoms with Crippen LogP contribution in [0.25, 0.3) is 11.0 Å². The van der Waals surface area contributed by atoms with Gasteiger partial charge in [0.05, 0.1) is 30.4 Å². The average molecular weight is 261 g/mol. The number of nitrogens with one attached hydrogen (secondary N) is 1. The molecule has 2 rings (SSSR count). The molecule has 0 aliphatic carbocycles. The smallest absolute Gasteiger partial charge is 0.310 e. The quantitative estimate of drug-likeness (QED) is 0.838. The van der Waals surface area contributed by atoms with E-state index in [1.54, 1.807) is 6.33 Å². The van der Waals surface area contributed by atoms with Crippen LogP contribution in [0.1, 0.15) is 13.3 Å². The van der Waals surface area contributed by atoms with E-state index in [-0.39, 0.29) is 11.9 Å². The summed E-state index contributed by atoms with van der Waals surface area (Å²) in [5.74, 6) is -0.260. The molecule has 0 saturated heterocycles. The van der Waals surface area contributed by atoms with E-state index < -0.39 is 0 Å². The Balaban J connectivity index is 2.13. The van der Waals surface area contributed by atoms with Crippen molar-refractivity contribution in [3.05, 3.63) is 24.5 Å². The number of nitrogens with zero attached hydrogens (tertiary/aromatic N) is 2. The molecule has 2 aromatic rings. The summed E-state index contributed by atoms with van der Waals surface area (Å²) in [7, 11) is 3.41. The Labute approximate surface area is 112 Å². The third-order valence-corrected chi connectivity index (χ3v) is 3.37. The minimum absolute atomic E-state index is 0.104. The highest BCUT2D eigenvalue weighted by atomic mass is 16.5. The molecule has 1 N–H and O–H groups in total. The monoisotopic (exact) mass is 261 g/mol. The number of imidazole rings is 1. The van der Waals surface area contributed by atoms with Crippen LogP contribution in [-0.4, -0.2) is 36.6 Å². The number of methoxy groups -OCH3 is 1. The van der Waals surface area contributed by atoms with Crippen LogP contribution in [0.5, 0.6) is 0 Å². The van der Waals surface area contributed by atoms with Gasteiger partial charge < -0.3 is 14.6 Å². The number of aromatic amines is 1. The predicted octanol–water partition coefficient (Wildman–Crippen LogP) is 2.20. The zero-order chi connectivity index (χ0) is 13.8. The number of anilines is 1. The molecule has 1 unspecified atom stereocenters. The lowest BCUT2D eigenvalue weighted by molar-refractivity contribution is -0.145. The number of benzene rings is 1. The molecule has 0 saturated carbocycles. The number of aromatic nitrogens is 2. The molecule has 19 heavy (non-hydrogen) atoms. The van der Waals surface area contributed by atoms with Crippen molar-refractivity contribution >= 4 is 22.7 Å². The van der Waals surface area contributed by atoms with E-state index in [1.165, 1.54) is 7.11 Å². The third-order valence-electron chi connectivity index (χ3n) is 3.37. The molecular formula is C14H19N3O2. The van der Waals surface area contributed by atoms with Crippen LogP contribution in [-0.2, 0) is 9.53 Å². The van der Waals surface area contributed by atoms with Crippen molar-refractivity contribution < 1.29 is 9.53 Å². The van der Waals surface area contributed by atoms with Gasteiger partial charge in [-0.2, -0.15) is 0 Å². The lowest BCUT2D eigenvalue weighted by atomic mass is 10.1. The molecule has 102 valence electrons. The molecule has 0 bridgehead atoms. The Bertz CT molecular complexity index is 565. The summed E-state index contributed by atoms with van der Waals surface area (Å²) in [5.41, 5.74) is 2.99. The first-order chi connectivity index (χ1) is 9.15. The highest BCUT2D eigenvalue weighted by molar-refractivity contribution is 5.79. The zero-order valence-corrected chi connectivity index (χ0v) is 11.5. The fraction of sp³-hybridized carbons (Fsp3) is 0.429. The van der Waals surface area contributed by atoms with Crippen LogP contribution in [0.4, 0.5) is 5.69 Å². The molecule has 1 aromatic heterocycles. The van der Waals surface area contributed by atoms with E-state index in [9.17, 15) is 4.79 Å². The van der Waals surface area contributed by atoms with Gasteiger partial charge in [0, 0.05) is 19.3 Å². The second-order valence-corrected chi connectivity index (χ2v) is 4.61. The van der Waals surface area contributed by atoms with Gasteiger partial charge in [-0.05, 0) is 24.6 Å². The number of hydrogen-bond donors (Lipinski definition) is 1. The Morgan fingerprint density at radius 3 is 3.00 bits per heavy atom. The third kappa shape index (κ3) is 2.86. The maximum atomic E-state index is 11.6. The highest BCUT2D eigenvalue weighted by Crippen LogP contribution is 2.20. The van der Waals surface area contributed by atoms with Crippen LogP contribution in [0.15, 0.2) is 24.5 Å². The fourth-order valence-electron chi connectivity index (χ4n) is 2.13. The van der Waals surface area contributed by atoms with Crippen molar-refractivity contribution in [3.63, 3.8) is 0 Å². The zero-order valence-electron chi connectivity index (χ0n) is 11.5. The van der Waals surface area contributed by atoms with Crippen molar-refractivity contribution in [3.8, 4) is 0 Å². The van der Waals surface area contributed by atoms with Gasteiger partial charge in [0.15, 0.2) is 0 Å². The Kier molecular flexibility index (Phi) is 4.04. The first-order valence-electron chi connectivity index (χ1n) is 6.37. The molecule has 1 atom stereocenters. The van der Waals surface area contributed by atoms with Crippen LogP contribution in [0, 0.1) is 5.92 Å². The summed E-state index contributed by atoms with van der Waals surface area (Å²) in [6.07, 6.45) is 2.45. The van der Waals surface area contributed by atoms with Crippen molar-refractivity contribution in [1.29, 1.82) is 0 Å². The number of esters is 1. The largest absolute Gasteiger partial charge is 0.469 e. The van der Waals surface area contributed by atoms with Crippen molar-refractivity contribution in [2.45, 2.75) is 13.3 Å². The number of ether oxygens (including phenoxy) is 1. The fourth-order valence-corrected chi connectivity index (χ4v) is 2.13. The molecule has 1 aromatic carbocycles. The summed E-state index contributed by atoms with van der Waals surface area (Å²) in [6, 6.07) is 6.01. The van der Waals surface area contributed by atoms with E-state index in [1.807, 2.05) is 32.2 Å². The van der Waals surface area contributed by atoms with Gasteiger partial charge in [0.1, 0.15) is 0 Å². The van der Waals surface area contributed by atoms with Crippen LogP contribution in [0.3, 0.4) is 0 Å². The summed E-state index contributed by atoms with van der Waals surface area (Å²) in [5, 5.41) is 0. The number of carbonyl (C=O) groups excluding carboxylic acids is 1. The molecule has 0 spiro atoms. The number of fused-ring (bicyclic) bond motifs is 1. The van der Waals surface area contributed by atoms with E-state index in [0.29, 0.717) is 6.54 Å². The molecule has 5 heteroatoms. The standard InChI is InChI=1S/C14H19N3O2/c1-4-10(14(18)19-3)8-17(2)11-5-6-12-13(7-11)16-9-15-12/h5-7,9-10H,4,8H2,1-3H3,(H,15,16). The molecular weight excluding hydrogens is 242 g/mol. The Morgan fingerprint density at radius 2 is 2.32 bits per heavy atom. The molecule has 0 aliphatic heterocycles. The second kappa shape index (κ2) is 5.73. The minimum atomic E-state index is -0.156. The van der Waals surface area contributed by atoms with Gasteiger partial charge in [-0.15, -0.1) is 0 Å². The molecule has 0 aliphatic rings. The highest BCUT2D eigenvalue weighted by Gasteiger charge is 2.19. The lowest BCUT2D eigenvalue weighted by Crippen LogP contribution is -2.30. The summed E-state index contributed by atoms with van der Waals surface area (Å²) < 4.78 is 4.82.